The summed E-state index contributed by atoms with van der Waals surface area (Å²) in [6, 6.07) is 0. The maximum Gasteiger partial charge on any atom is 0.309 e. The first-order valence-corrected chi connectivity index (χ1v) is 5.37. The number of hydrogen-bond acceptors (Lipinski definition) is 3. The number of carbonyl (C=O) groups excluding carboxylic acids is 1. The molecule has 0 saturated carbocycles. The van der Waals surface area contributed by atoms with Gasteiger partial charge in [-0.1, -0.05) is 34.1 Å². The van der Waals surface area contributed by atoms with Gasteiger partial charge in [-0.15, -0.1) is 0 Å². The lowest BCUT2D eigenvalue weighted by molar-refractivity contribution is -0.149. The molecule has 0 aromatic rings. The van der Waals surface area contributed by atoms with E-state index in [9.17, 15) is 9.90 Å². The van der Waals surface area contributed by atoms with Crippen molar-refractivity contribution >= 4 is 5.97 Å². The number of aliphatic hydroxyl groups is 1. The van der Waals surface area contributed by atoms with Crippen molar-refractivity contribution in [1.29, 1.82) is 0 Å². The normalized spacial score (nSPS) is 36.6. The number of esters is 1. The average molecular weight is 200 g/mol. The predicted octanol–water partition coefficient (Wildman–Crippen LogP) is 1.59. The van der Waals surface area contributed by atoms with Crippen molar-refractivity contribution in [2.45, 2.75) is 46.3 Å². The molecule has 0 spiro atoms. The molecule has 0 aliphatic carbocycles. The SMILES string of the molecule is CCC(C)C(O)[C@@H]1OC(=O)[C@H](C)[C@@H]1C. The Hall–Kier alpha value is -0.570. The lowest BCUT2D eigenvalue weighted by Crippen LogP contribution is -2.35. The second kappa shape index (κ2) is 4.30. The quantitative estimate of drug-likeness (QED) is 0.704. The van der Waals surface area contributed by atoms with E-state index in [-0.39, 0.29) is 29.8 Å². The minimum Gasteiger partial charge on any atom is -0.459 e. The van der Waals surface area contributed by atoms with Gasteiger partial charge in [0, 0.05) is 5.92 Å². The van der Waals surface area contributed by atoms with E-state index in [4.69, 9.17) is 4.74 Å². The number of hydrogen-bond donors (Lipinski definition) is 1. The Kier molecular flexibility index (Phi) is 3.53. The molecular weight excluding hydrogens is 180 g/mol. The van der Waals surface area contributed by atoms with Crippen LogP contribution in [0.15, 0.2) is 0 Å². The Balaban J connectivity index is 2.66. The summed E-state index contributed by atoms with van der Waals surface area (Å²) in [6.07, 6.45) is 0.0624. The fourth-order valence-electron chi connectivity index (χ4n) is 1.79. The molecule has 1 rings (SSSR count). The van der Waals surface area contributed by atoms with Gasteiger partial charge in [-0.05, 0) is 5.92 Å². The molecule has 1 aliphatic heterocycles. The topological polar surface area (TPSA) is 46.5 Å². The maximum absolute atomic E-state index is 11.3. The first-order valence-electron chi connectivity index (χ1n) is 5.37. The molecule has 3 nitrogen and oxygen atoms in total. The van der Waals surface area contributed by atoms with Crippen LogP contribution in [-0.2, 0) is 9.53 Å². The highest BCUT2D eigenvalue weighted by Crippen LogP contribution is 2.32. The summed E-state index contributed by atoms with van der Waals surface area (Å²) < 4.78 is 5.18. The van der Waals surface area contributed by atoms with Crippen molar-refractivity contribution in [3.8, 4) is 0 Å². The van der Waals surface area contributed by atoms with Crippen molar-refractivity contribution in [2.24, 2.45) is 17.8 Å². The van der Waals surface area contributed by atoms with Gasteiger partial charge in [-0.25, -0.2) is 0 Å². The van der Waals surface area contributed by atoms with Crippen LogP contribution in [0.2, 0.25) is 0 Å². The lowest BCUT2D eigenvalue weighted by Gasteiger charge is -2.25. The van der Waals surface area contributed by atoms with Crippen LogP contribution in [0.5, 0.6) is 0 Å². The third kappa shape index (κ3) is 1.92. The van der Waals surface area contributed by atoms with Gasteiger partial charge in [0.25, 0.3) is 0 Å². The van der Waals surface area contributed by atoms with Gasteiger partial charge < -0.3 is 9.84 Å². The maximum atomic E-state index is 11.3. The molecule has 1 aliphatic rings. The van der Waals surface area contributed by atoms with Crippen LogP contribution >= 0.6 is 0 Å². The largest absolute Gasteiger partial charge is 0.459 e. The van der Waals surface area contributed by atoms with Crippen LogP contribution in [0.4, 0.5) is 0 Å². The molecule has 0 aromatic carbocycles. The zero-order valence-electron chi connectivity index (χ0n) is 9.36. The van der Waals surface area contributed by atoms with E-state index >= 15 is 0 Å². The van der Waals surface area contributed by atoms with Crippen LogP contribution in [0.25, 0.3) is 0 Å². The minimum absolute atomic E-state index is 0.0845. The van der Waals surface area contributed by atoms with Gasteiger partial charge in [-0.2, -0.15) is 0 Å². The molecule has 0 aromatic heterocycles. The first kappa shape index (κ1) is 11.5. The molecule has 0 amide bonds. The number of ether oxygens (including phenoxy) is 1. The van der Waals surface area contributed by atoms with Gasteiger partial charge in [0.1, 0.15) is 6.10 Å². The highest BCUT2D eigenvalue weighted by molar-refractivity contribution is 5.74. The third-order valence-electron chi connectivity index (χ3n) is 3.49. The molecule has 0 radical (unpaired) electrons. The van der Waals surface area contributed by atoms with Crippen molar-refractivity contribution in [3.63, 3.8) is 0 Å². The first-order chi connectivity index (χ1) is 6.49. The van der Waals surface area contributed by atoms with Crippen LogP contribution in [-0.4, -0.2) is 23.3 Å². The molecule has 1 fully saturated rings. The van der Waals surface area contributed by atoms with E-state index in [0.29, 0.717) is 0 Å². The van der Waals surface area contributed by atoms with Crippen LogP contribution in [0, 0.1) is 17.8 Å². The van der Waals surface area contributed by atoms with Gasteiger partial charge in [0.15, 0.2) is 0 Å². The van der Waals surface area contributed by atoms with Crippen molar-refractivity contribution in [1.82, 2.24) is 0 Å². The highest BCUT2D eigenvalue weighted by atomic mass is 16.6. The molecule has 1 heterocycles. The highest BCUT2D eigenvalue weighted by Gasteiger charge is 2.43. The summed E-state index contributed by atoms with van der Waals surface area (Å²) in [4.78, 5) is 11.3. The lowest BCUT2D eigenvalue weighted by atomic mass is 9.86. The van der Waals surface area contributed by atoms with Crippen LogP contribution in [0.1, 0.15) is 34.1 Å². The summed E-state index contributed by atoms with van der Waals surface area (Å²) >= 11 is 0. The van der Waals surface area contributed by atoms with Crippen molar-refractivity contribution < 1.29 is 14.6 Å². The minimum atomic E-state index is -0.524. The fourth-order valence-corrected chi connectivity index (χ4v) is 1.79. The van der Waals surface area contributed by atoms with E-state index in [1.807, 2.05) is 27.7 Å². The van der Waals surface area contributed by atoms with Crippen LogP contribution in [0.3, 0.4) is 0 Å². The summed E-state index contributed by atoms with van der Waals surface area (Å²) in [5.74, 6) is 0.0376. The smallest absolute Gasteiger partial charge is 0.309 e. The zero-order chi connectivity index (χ0) is 10.9. The van der Waals surface area contributed by atoms with E-state index in [1.165, 1.54) is 0 Å². The Bertz CT molecular complexity index is 215. The Labute approximate surface area is 85.5 Å². The number of aliphatic hydroxyl groups excluding tert-OH is 1. The molecular formula is C11H20O3. The molecule has 14 heavy (non-hydrogen) atoms. The molecule has 3 heteroatoms. The van der Waals surface area contributed by atoms with Crippen molar-refractivity contribution in [3.05, 3.63) is 0 Å². The fraction of sp³-hybridized carbons (Fsp3) is 0.909. The Morgan fingerprint density at radius 2 is 2.07 bits per heavy atom. The van der Waals surface area contributed by atoms with Gasteiger partial charge >= 0.3 is 5.97 Å². The molecule has 0 bridgehead atoms. The van der Waals surface area contributed by atoms with Gasteiger partial charge in [0.05, 0.1) is 12.0 Å². The van der Waals surface area contributed by atoms with E-state index in [2.05, 4.69) is 0 Å². The summed E-state index contributed by atoms with van der Waals surface area (Å²) in [5, 5.41) is 9.95. The second-order valence-electron chi connectivity index (χ2n) is 4.43. The Morgan fingerprint density at radius 1 is 1.50 bits per heavy atom. The number of carbonyl (C=O) groups is 1. The van der Waals surface area contributed by atoms with E-state index in [1.54, 1.807) is 0 Å². The number of rotatable bonds is 3. The van der Waals surface area contributed by atoms with Gasteiger partial charge in [0.2, 0.25) is 0 Å². The molecule has 2 unspecified atom stereocenters. The molecule has 1 N–H and O–H groups in total. The van der Waals surface area contributed by atoms with Gasteiger partial charge in [-0.3, -0.25) is 4.79 Å². The second-order valence-corrected chi connectivity index (χ2v) is 4.43. The zero-order valence-corrected chi connectivity index (χ0v) is 9.36. The molecule has 5 atom stereocenters. The third-order valence-corrected chi connectivity index (χ3v) is 3.49. The summed E-state index contributed by atoms with van der Waals surface area (Å²) in [5.41, 5.74) is 0. The van der Waals surface area contributed by atoms with Crippen molar-refractivity contribution in [2.75, 3.05) is 0 Å². The standard InChI is InChI=1S/C11H20O3/c1-5-6(2)9(12)10-7(3)8(4)11(13)14-10/h6-10,12H,5H2,1-4H3/t6?,7-,8+,9?,10+/m0/s1. The summed E-state index contributed by atoms with van der Waals surface area (Å²) in [6.45, 7) is 7.83. The monoisotopic (exact) mass is 200 g/mol. The van der Waals surface area contributed by atoms with Crippen LogP contribution < -0.4 is 0 Å². The molecule has 1 saturated heterocycles. The molecule has 82 valence electrons. The van der Waals surface area contributed by atoms with E-state index in [0.717, 1.165) is 6.42 Å². The predicted molar refractivity (Wildman–Crippen MR) is 53.7 cm³/mol. The summed E-state index contributed by atoms with van der Waals surface area (Å²) in [7, 11) is 0. The Morgan fingerprint density at radius 3 is 2.43 bits per heavy atom. The number of cyclic esters (lactones) is 1. The van der Waals surface area contributed by atoms with E-state index < -0.39 is 6.10 Å². The average Bonchev–Trinajstić information content (AvgIpc) is 2.43.